The number of hydrogen-bond donors (Lipinski definition) is 2. The van der Waals surface area contributed by atoms with Crippen molar-refractivity contribution in [1.82, 2.24) is 5.48 Å². The first kappa shape index (κ1) is 20.7. The van der Waals surface area contributed by atoms with E-state index in [1.807, 2.05) is 6.08 Å². The summed E-state index contributed by atoms with van der Waals surface area (Å²) in [7, 11) is 1.69. The number of carbonyl (C=O) groups is 1. The third kappa shape index (κ3) is 2.81. The number of fused-ring (bicyclic) bond motifs is 5. The molecule has 0 spiro atoms. The van der Waals surface area contributed by atoms with Gasteiger partial charge in [0.1, 0.15) is 0 Å². The molecule has 4 unspecified atom stereocenters. The summed E-state index contributed by atoms with van der Waals surface area (Å²) in [5.41, 5.74) is 4.21. The second kappa shape index (κ2) is 7.18. The number of carbonyl (C=O) groups excluding carboxylic acids is 1. The van der Waals surface area contributed by atoms with Gasteiger partial charge in [0.25, 0.3) is 0 Å². The van der Waals surface area contributed by atoms with Gasteiger partial charge in [0.2, 0.25) is 0 Å². The highest BCUT2D eigenvalue weighted by atomic mass is 16.6. The molecule has 1 heterocycles. The number of ether oxygens (including phenoxy) is 1. The van der Waals surface area contributed by atoms with E-state index in [1.165, 1.54) is 12.8 Å². The molecule has 0 bridgehead atoms. The van der Waals surface area contributed by atoms with Crippen molar-refractivity contribution >= 4 is 5.97 Å². The van der Waals surface area contributed by atoms with Crippen molar-refractivity contribution in [2.45, 2.75) is 76.9 Å². The number of hydrogen-bond acceptors (Lipinski definition) is 5. The molecule has 0 radical (unpaired) electrons. The average molecular weight is 416 g/mol. The first-order chi connectivity index (χ1) is 14.3. The van der Waals surface area contributed by atoms with Gasteiger partial charge in [-0.05, 0) is 74.5 Å². The number of hydroxylamine groups is 1. The van der Waals surface area contributed by atoms with Gasteiger partial charge in [-0.1, -0.05) is 31.6 Å². The van der Waals surface area contributed by atoms with E-state index in [4.69, 9.17) is 9.57 Å². The van der Waals surface area contributed by atoms with E-state index >= 15 is 0 Å². The van der Waals surface area contributed by atoms with Gasteiger partial charge in [-0.2, -0.15) is 5.48 Å². The van der Waals surface area contributed by atoms with Gasteiger partial charge in [-0.25, -0.2) is 4.79 Å². The first-order valence-corrected chi connectivity index (χ1v) is 11.9. The van der Waals surface area contributed by atoms with Crippen LogP contribution in [0.4, 0.5) is 0 Å². The molecule has 0 aromatic rings. The van der Waals surface area contributed by atoms with Crippen molar-refractivity contribution in [1.29, 1.82) is 0 Å². The van der Waals surface area contributed by atoms with Gasteiger partial charge in [0.15, 0.2) is 0 Å². The molecule has 8 atom stereocenters. The average Bonchev–Trinajstić information content (AvgIpc) is 3.01. The lowest BCUT2D eigenvalue weighted by Gasteiger charge is -2.62. The van der Waals surface area contributed by atoms with Gasteiger partial charge < -0.3 is 14.7 Å². The van der Waals surface area contributed by atoms with Crippen molar-refractivity contribution in [3.05, 3.63) is 23.8 Å². The summed E-state index contributed by atoms with van der Waals surface area (Å²) >= 11 is 0. The quantitative estimate of drug-likeness (QED) is 0.415. The summed E-state index contributed by atoms with van der Waals surface area (Å²) in [6.45, 7) is 5.26. The molecular formula is C25H37NO4. The van der Waals surface area contributed by atoms with Crippen LogP contribution in [0.2, 0.25) is 0 Å². The molecule has 0 aromatic heterocycles. The predicted octanol–water partition coefficient (Wildman–Crippen LogP) is 3.93. The minimum atomic E-state index is -0.605. The zero-order valence-corrected chi connectivity index (χ0v) is 18.7. The molecule has 5 nitrogen and oxygen atoms in total. The van der Waals surface area contributed by atoms with E-state index in [-0.39, 0.29) is 22.7 Å². The van der Waals surface area contributed by atoms with Crippen LogP contribution in [0.3, 0.4) is 0 Å². The number of nitrogens with one attached hydrogen (secondary N) is 1. The number of rotatable bonds is 3. The van der Waals surface area contributed by atoms with Crippen molar-refractivity contribution in [3.63, 3.8) is 0 Å². The molecule has 3 saturated carbocycles. The van der Waals surface area contributed by atoms with Crippen LogP contribution in [0.25, 0.3) is 0 Å². The minimum absolute atomic E-state index is 0.0979. The fourth-order valence-corrected chi connectivity index (χ4v) is 8.40. The van der Waals surface area contributed by atoms with E-state index in [0.717, 1.165) is 38.5 Å². The van der Waals surface area contributed by atoms with E-state index < -0.39 is 5.60 Å². The number of allylic oxidation sites excluding steroid dienone is 1. The Morgan fingerprint density at radius 3 is 2.63 bits per heavy atom. The van der Waals surface area contributed by atoms with Crippen LogP contribution in [0.5, 0.6) is 0 Å². The number of aliphatic hydroxyl groups is 1. The monoisotopic (exact) mass is 415 g/mol. The number of esters is 1. The predicted molar refractivity (Wildman–Crippen MR) is 114 cm³/mol. The summed E-state index contributed by atoms with van der Waals surface area (Å²) in [4.78, 5) is 16.7. The van der Waals surface area contributed by atoms with Crippen LogP contribution in [-0.2, 0) is 14.4 Å². The number of cyclic esters (lactones) is 1. The molecule has 5 rings (SSSR count). The molecule has 5 aliphatic rings. The van der Waals surface area contributed by atoms with E-state index in [0.29, 0.717) is 30.4 Å². The Morgan fingerprint density at radius 1 is 1.10 bits per heavy atom. The maximum Gasteiger partial charge on any atom is 0.330 e. The van der Waals surface area contributed by atoms with Gasteiger partial charge in [0, 0.05) is 17.4 Å². The lowest BCUT2D eigenvalue weighted by Crippen LogP contribution is -2.61. The molecule has 0 aromatic carbocycles. The van der Waals surface area contributed by atoms with Crippen LogP contribution >= 0.6 is 0 Å². The molecule has 0 saturated heterocycles. The summed E-state index contributed by atoms with van der Waals surface area (Å²) < 4.78 is 5.35. The Hall–Kier alpha value is -1.17. The molecular weight excluding hydrogens is 378 g/mol. The van der Waals surface area contributed by atoms with E-state index in [9.17, 15) is 9.90 Å². The second-order valence-electron chi connectivity index (χ2n) is 11.0. The van der Waals surface area contributed by atoms with Crippen LogP contribution < -0.4 is 5.48 Å². The lowest BCUT2D eigenvalue weighted by molar-refractivity contribution is -0.188. The summed E-state index contributed by atoms with van der Waals surface area (Å²) in [6.07, 6.45) is 14.6. The largest absolute Gasteiger partial charge is 0.462 e. The Labute approximate surface area is 180 Å². The lowest BCUT2D eigenvalue weighted by atomic mass is 9.44. The van der Waals surface area contributed by atoms with Crippen LogP contribution in [-0.4, -0.2) is 36.4 Å². The summed E-state index contributed by atoms with van der Waals surface area (Å²) in [5, 5.41) is 12.3. The van der Waals surface area contributed by atoms with E-state index in [2.05, 4.69) is 25.4 Å². The van der Waals surface area contributed by atoms with Crippen molar-refractivity contribution in [2.75, 3.05) is 13.7 Å². The van der Waals surface area contributed by atoms with Gasteiger partial charge in [0.05, 0.1) is 25.4 Å². The van der Waals surface area contributed by atoms with Gasteiger partial charge >= 0.3 is 5.97 Å². The topological polar surface area (TPSA) is 67.8 Å². The Kier molecular flexibility index (Phi) is 4.96. The summed E-state index contributed by atoms with van der Waals surface area (Å²) in [6, 6.07) is 0.309. The standard InChI is InChI=1S/C25H37NO4/c1-23-11-8-18(26-29-3)14-17(23)5-6-21-20(23)9-12-24(2)19(10-13-25(21,24)28)16-4-7-22(27)30-15-16/h4,7,14,16,18-21,26,28H,5-6,8-13,15H2,1-3H3/t16?,18?,19-,20?,21?,23+,24-,25+/m1/s1. The smallest absolute Gasteiger partial charge is 0.330 e. The van der Waals surface area contributed by atoms with Crippen molar-refractivity contribution in [3.8, 4) is 0 Å². The normalized spacial score (nSPS) is 50.2. The molecule has 166 valence electrons. The Morgan fingerprint density at radius 2 is 1.90 bits per heavy atom. The molecule has 1 aliphatic heterocycles. The van der Waals surface area contributed by atoms with Gasteiger partial charge in [-0.3, -0.25) is 0 Å². The maximum atomic E-state index is 12.3. The second-order valence-corrected chi connectivity index (χ2v) is 11.0. The summed E-state index contributed by atoms with van der Waals surface area (Å²) in [5.74, 6) is 1.32. The van der Waals surface area contributed by atoms with Crippen LogP contribution in [0.1, 0.15) is 65.2 Å². The molecule has 5 heteroatoms. The zero-order valence-electron chi connectivity index (χ0n) is 18.7. The van der Waals surface area contributed by atoms with E-state index in [1.54, 1.807) is 18.8 Å². The highest BCUT2D eigenvalue weighted by Crippen LogP contribution is 2.69. The SMILES string of the molecule is CONC1C=C2CCC3C(CC[C@]4(C)[C@@H](C5C=CC(=O)OC5)CC[C@]34O)[C@@]2(C)CC1. The fraction of sp³-hybridized carbons (Fsp3) is 0.800. The zero-order chi connectivity index (χ0) is 21.1. The molecule has 3 fully saturated rings. The third-order valence-corrected chi connectivity index (χ3v) is 10.1. The van der Waals surface area contributed by atoms with Crippen molar-refractivity contribution < 1.29 is 19.5 Å². The molecule has 30 heavy (non-hydrogen) atoms. The molecule has 4 aliphatic carbocycles. The molecule has 0 amide bonds. The van der Waals surface area contributed by atoms with Crippen LogP contribution in [0, 0.1) is 34.5 Å². The first-order valence-electron chi connectivity index (χ1n) is 11.9. The third-order valence-electron chi connectivity index (χ3n) is 10.1. The van der Waals surface area contributed by atoms with Crippen LogP contribution in [0.15, 0.2) is 23.8 Å². The molecule has 2 N–H and O–H groups in total. The van der Waals surface area contributed by atoms with Gasteiger partial charge in [-0.15, -0.1) is 0 Å². The minimum Gasteiger partial charge on any atom is -0.462 e. The maximum absolute atomic E-state index is 12.3. The Balaban J connectivity index is 1.42. The van der Waals surface area contributed by atoms with Crippen molar-refractivity contribution in [2.24, 2.45) is 34.5 Å². The fourth-order valence-electron chi connectivity index (χ4n) is 8.40. The highest BCUT2D eigenvalue weighted by Gasteiger charge is 2.67. The highest BCUT2D eigenvalue weighted by molar-refractivity contribution is 5.82. The Bertz CT molecular complexity index is 777.